The van der Waals surface area contributed by atoms with E-state index in [1.807, 2.05) is 6.92 Å². The first-order valence-electron chi connectivity index (χ1n) is 7.67. The molecule has 1 amide bonds. The maximum absolute atomic E-state index is 12.4. The highest BCUT2D eigenvalue weighted by Crippen LogP contribution is 2.22. The molecule has 0 fully saturated rings. The fourth-order valence-corrected chi connectivity index (χ4v) is 3.81. The van der Waals surface area contributed by atoms with Gasteiger partial charge in [0, 0.05) is 6.54 Å². The fourth-order valence-electron chi connectivity index (χ4n) is 2.24. The summed E-state index contributed by atoms with van der Waals surface area (Å²) in [5.41, 5.74) is 0.444. The average Bonchev–Trinajstić information content (AvgIpc) is 2.54. The van der Waals surface area contributed by atoms with E-state index in [9.17, 15) is 13.2 Å². The molecule has 0 aliphatic carbocycles. The summed E-state index contributed by atoms with van der Waals surface area (Å²) in [7, 11) is -3.47. The van der Waals surface area contributed by atoms with E-state index in [0.29, 0.717) is 17.1 Å². The topological polar surface area (TPSA) is 78.8 Å². The smallest absolute Gasteiger partial charge is 0.258 e. The Balaban J connectivity index is 2.21. The summed E-state index contributed by atoms with van der Waals surface area (Å²) >= 11 is 6.02. The highest BCUT2D eigenvalue weighted by atomic mass is 35.5. The van der Waals surface area contributed by atoms with Gasteiger partial charge in [0.15, 0.2) is 0 Å². The highest BCUT2D eigenvalue weighted by molar-refractivity contribution is 7.89. The number of sulfonamides is 1. The molecule has 0 aromatic heterocycles. The van der Waals surface area contributed by atoms with Crippen molar-refractivity contribution in [1.29, 1.82) is 0 Å². The molecule has 8 heteroatoms. The van der Waals surface area contributed by atoms with Gasteiger partial charge in [0.25, 0.3) is 5.91 Å². The van der Waals surface area contributed by atoms with E-state index < -0.39 is 15.9 Å². The predicted molar refractivity (Wildman–Crippen MR) is 96.9 cm³/mol. The maximum Gasteiger partial charge on any atom is 0.258 e. The number of carbonyl (C=O) groups is 1. The average molecular weight is 370 g/mol. The summed E-state index contributed by atoms with van der Waals surface area (Å²) in [5, 5.41) is 3.03. The quantitative estimate of drug-likeness (QED) is 0.783. The number of nitrogens with zero attached hydrogens (tertiary/aromatic N) is 2. The molecule has 1 aliphatic rings. The van der Waals surface area contributed by atoms with Crippen molar-refractivity contribution in [3.05, 3.63) is 41.4 Å². The van der Waals surface area contributed by atoms with Crippen LogP contribution in [0.5, 0.6) is 0 Å². The van der Waals surface area contributed by atoms with Gasteiger partial charge >= 0.3 is 0 Å². The number of carbonyl (C=O) groups excluding carboxylic acids is 1. The zero-order valence-corrected chi connectivity index (χ0v) is 15.0. The summed E-state index contributed by atoms with van der Waals surface area (Å²) in [6.45, 7) is 6.11. The Morgan fingerprint density at radius 2 is 2.12 bits per heavy atom. The number of nitrogens with one attached hydrogen (secondary N) is 1. The lowest BCUT2D eigenvalue weighted by molar-refractivity contribution is -0.112. The molecule has 1 N–H and O–H groups in total. The minimum Gasteiger partial charge on any atom is -0.321 e. The molecule has 0 saturated heterocycles. The van der Waals surface area contributed by atoms with E-state index in [4.69, 9.17) is 11.6 Å². The van der Waals surface area contributed by atoms with E-state index in [1.165, 1.54) is 4.31 Å². The lowest BCUT2D eigenvalue weighted by Crippen LogP contribution is -2.45. The zero-order valence-electron chi connectivity index (χ0n) is 13.5. The monoisotopic (exact) mass is 369 g/mol. The van der Waals surface area contributed by atoms with Crippen molar-refractivity contribution < 1.29 is 13.2 Å². The van der Waals surface area contributed by atoms with Crippen molar-refractivity contribution in [3.63, 3.8) is 0 Å². The second kappa shape index (κ2) is 7.81. The molecule has 0 unspecified atom stereocenters. The standard InChI is InChI=1S/C16H20ClN3O3S/c1-3-4-10-20-15(18-9-11-24(20,22)23)12(2)16(21)19-14-8-6-5-7-13(14)17/h5-8H,2-4,9-11H2,1H3,(H,19,21). The van der Waals surface area contributed by atoms with Crippen LogP contribution in [0.2, 0.25) is 5.02 Å². The van der Waals surface area contributed by atoms with Crippen LogP contribution in [0.15, 0.2) is 41.4 Å². The Morgan fingerprint density at radius 3 is 2.79 bits per heavy atom. The number of unbranched alkanes of at least 4 members (excludes halogenated alkanes) is 1. The van der Waals surface area contributed by atoms with Gasteiger partial charge in [-0.2, -0.15) is 0 Å². The van der Waals surface area contributed by atoms with E-state index >= 15 is 0 Å². The molecule has 1 aromatic rings. The molecule has 0 atom stereocenters. The van der Waals surface area contributed by atoms with Crippen LogP contribution < -0.4 is 5.32 Å². The Morgan fingerprint density at radius 1 is 1.42 bits per heavy atom. The third-order valence-electron chi connectivity index (χ3n) is 3.56. The number of anilines is 1. The number of hydrogen-bond donors (Lipinski definition) is 1. The largest absolute Gasteiger partial charge is 0.321 e. The summed E-state index contributed by atoms with van der Waals surface area (Å²) in [5.74, 6) is -0.473. The third kappa shape index (κ3) is 4.15. The normalized spacial score (nSPS) is 16.4. The second-order valence-electron chi connectivity index (χ2n) is 5.36. The SMILES string of the molecule is C=C(C(=O)Nc1ccccc1Cl)C1=NCCS(=O)(=O)N1CCCC. The van der Waals surface area contributed by atoms with Gasteiger partial charge in [0.2, 0.25) is 10.0 Å². The van der Waals surface area contributed by atoms with Crippen LogP contribution in [0.3, 0.4) is 0 Å². The van der Waals surface area contributed by atoms with Crippen LogP contribution in [-0.2, 0) is 14.8 Å². The molecule has 6 nitrogen and oxygen atoms in total. The van der Waals surface area contributed by atoms with Crippen molar-refractivity contribution in [3.8, 4) is 0 Å². The van der Waals surface area contributed by atoms with Gasteiger partial charge in [-0.15, -0.1) is 0 Å². The molecule has 1 aliphatic heterocycles. The molecule has 0 bridgehead atoms. The van der Waals surface area contributed by atoms with Crippen LogP contribution in [0.1, 0.15) is 19.8 Å². The first kappa shape index (κ1) is 18.5. The molecule has 24 heavy (non-hydrogen) atoms. The summed E-state index contributed by atoms with van der Waals surface area (Å²) in [4.78, 5) is 16.6. The van der Waals surface area contributed by atoms with Crippen LogP contribution in [-0.4, -0.2) is 43.3 Å². The number of amides is 1. The van der Waals surface area contributed by atoms with E-state index in [1.54, 1.807) is 24.3 Å². The number of rotatable bonds is 6. The Labute approximate surface area is 147 Å². The van der Waals surface area contributed by atoms with Gasteiger partial charge in [0.1, 0.15) is 5.84 Å². The molecule has 0 spiro atoms. The maximum atomic E-state index is 12.4. The number of aliphatic imine (C=N–C) groups is 1. The molecule has 2 rings (SSSR count). The van der Waals surface area contributed by atoms with Gasteiger partial charge in [-0.3, -0.25) is 14.1 Å². The Bertz CT molecular complexity index is 775. The Hall–Kier alpha value is -1.86. The number of hydrogen-bond acceptors (Lipinski definition) is 4. The van der Waals surface area contributed by atoms with Gasteiger partial charge < -0.3 is 5.32 Å². The number of para-hydroxylation sites is 1. The summed E-state index contributed by atoms with van der Waals surface area (Å²) < 4.78 is 25.8. The summed E-state index contributed by atoms with van der Waals surface area (Å²) in [6, 6.07) is 6.79. The third-order valence-corrected chi connectivity index (χ3v) is 5.62. The lowest BCUT2D eigenvalue weighted by Gasteiger charge is -2.29. The van der Waals surface area contributed by atoms with Crippen LogP contribution in [0.25, 0.3) is 0 Å². The van der Waals surface area contributed by atoms with Crippen molar-refractivity contribution >= 4 is 39.1 Å². The highest BCUT2D eigenvalue weighted by Gasteiger charge is 2.32. The van der Waals surface area contributed by atoms with Crippen LogP contribution in [0, 0.1) is 0 Å². The van der Waals surface area contributed by atoms with Crippen LogP contribution in [0.4, 0.5) is 5.69 Å². The van der Waals surface area contributed by atoms with Gasteiger partial charge in [-0.1, -0.05) is 43.7 Å². The minimum absolute atomic E-state index is 0.00861. The second-order valence-corrected chi connectivity index (χ2v) is 7.78. The summed E-state index contributed by atoms with van der Waals surface area (Å²) in [6.07, 6.45) is 1.51. The molecule has 1 heterocycles. The first-order valence-corrected chi connectivity index (χ1v) is 9.65. The van der Waals surface area contributed by atoms with Gasteiger partial charge in [0.05, 0.1) is 28.6 Å². The van der Waals surface area contributed by atoms with Crippen molar-refractivity contribution in [2.24, 2.45) is 4.99 Å². The van der Waals surface area contributed by atoms with Crippen LogP contribution >= 0.6 is 11.6 Å². The van der Waals surface area contributed by atoms with Gasteiger partial charge in [-0.25, -0.2) is 8.42 Å². The van der Waals surface area contributed by atoms with Gasteiger partial charge in [-0.05, 0) is 18.6 Å². The van der Waals surface area contributed by atoms with E-state index in [2.05, 4.69) is 16.9 Å². The molecule has 1 aromatic carbocycles. The predicted octanol–water partition coefficient (Wildman–Crippen LogP) is 2.68. The van der Waals surface area contributed by atoms with E-state index in [-0.39, 0.29) is 30.3 Å². The lowest BCUT2D eigenvalue weighted by atomic mass is 10.2. The molecular weight excluding hydrogens is 350 g/mol. The minimum atomic E-state index is -3.47. The van der Waals surface area contributed by atoms with Crippen molar-refractivity contribution in [2.75, 3.05) is 24.2 Å². The Kier molecular flexibility index (Phi) is 6.01. The molecular formula is C16H20ClN3O3S. The molecule has 130 valence electrons. The van der Waals surface area contributed by atoms with E-state index in [0.717, 1.165) is 6.42 Å². The number of benzene rings is 1. The molecule has 0 saturated carbocycles. The zero-order chi connectivity index (χ0) is 17.7. The van der Waals surface area contributed by atoms with Crippen molar-refractivity contribution in [1.82, 2.24) is 4.31 Å². The first-order chi connectivity index (χ1) is 11.4. The fraction of sp³-hybridized carbons (Fsp3) is 0.375. The van der Waals surface area contributed by atoms with Crippen molar-refractivity contribution in [2.45, 2.75) is 19.8 Å². The number of amidine groups is 1. The molecule has 0 radical (unpaired) electrons. The number of halogens is 1.